The van der Waals surface area contributed by atoms with Gasteiger partial charge in [-0.15, -0.1) is 0 Å². The molecule has 3 rings (SSSR count). The molecule has 2 aromatic rings. The minimum absolute atomic E-state index is 0.0613. The highest BCUT2D eigenvalue weighted by Gasteiger charge is 2.29. The van der Waals surface area contributed by atoms with Gasteiger partial charge in [-0.3, -0.25) is 9.69 Å². The number of nitrogens with zero attached hydrogens (tertiary/aromatic N) is 1. The summed E-state index contributed by atoms with van der Waals surface area (Å²) in [4.78, 5) is 13.4. The van der Waals surface area contributed by atoms with Crippen molar-refractivity contribution in [1.82, 2.24) is 0 Å². The van der Waals surface area contributed by atoms with E-state index in [2.05, 4.69) is 0 Å². The van der Waals surface area contributed by atoms with E-state index in [0.717, 1.165) is 11.3 Å². The molecular formula is C12H9NO2. The number of hydrogen-bond acceptors (Lipinski definition) is 2. The molecule has 0 aliphatic carbocycles. The lowest BCUT2D eigenvalue weighted by molar-refractivity contribution is -0.116. The van der Waals surface area contributed by atoms with Crippen LogP contribution in [-0.4, -0.2) is 5.91 Å². The molecule has 1 aliphatic heterocycles. The molecule has 1 aromatic heterocycles. The fraction of sp³-hybridized carbons (Fsp3) is 0.0833. The Bertz CT molecular complexity index is 502. The van der Waals surface area contributed by atoms with E-state index in [1.165, 1.54) is 0 Å². The first-order valence-corrected chi connectivity index (χ1v) is 4.80. The number of furan rings is 1. The average molecular weight is 199 g/mol. The first-order valence-electron chi connectivity index (χ1n) is 4.80. The summed E-state index contributed by atoms with van der Waals surface area (Å²) >= 11 is 0. The van der Waals surface area contributed by atoms with Crippen molar-refractivity contribution >= 4 is 17.5 Å². The second kappa shape index (κ2) is 2.98. The maximum absolute atomic E-state index is 11.8. The molecule has 0 saturated carbocycles. The Morgan fingerprint density at radius 3 is 2.80 bits per heavy atom. The van der Waals surface area contributed by atoms with Crippen LogP contribution < -0.4 is 4.90 Å². The van der Waals surface area contributed by atoms with E-state index >= 15 is 0 Å². The number of carbonyl (C=O) groups excluding carboxylic acids is 1. The van der Waals surface area contributed by atoms with Gasteiger partial charge < -0.3 is 4.42 Å². The number of carbonyl (C=O) groups is 1. The van der Waals surface area contributed by atoms with Crippen molar-refractivity contribution in [3.63, 3.8) is 0 Å². The van der Waals surface area contributed by atoms with Gasteiger partial charge in [0.25, 0.3) is 0 Å². The van der Waals surface area contributed by atoms with E-state index < -0.39 is 0 Å². The van der Waals surface area contributed by atoms with E-state index in [4.69, 9.17) is 4.42 Å². The van der Waals surface area contributed by atoms with Crippen LogP contribution in [0.1, 0.15) is 5.56 Å². The molecule has 3 nitrogen and oxygen atoms in total. The lowest BCUT2D eigenvalue weighted by Gasteiger charge is -2.13. The minimum atomic E-state index is 0.0613. The number of benzene rings is 1. The van der Waals surface area contributed by atoms with Gasteiger partial charge in [0.05, 0.1) is 18.4 Å². The Labute approximate surface area is 86.9 Å². The van der Waals surface area contributed by atoms with Crippen LogP contribution in [-0.2, 0) is 11.2 Å². The third-order valence-electron chi connectivity index (χ3n) is 2.55. The molecule has 0 saturated heterocycles. The topological polar surface area (TPSA) is 33.5 Å². The van der Waals surface area contributed by atoms with Crippen molar-refractivity contribution in [1.29, 1.82) is 0 Å². The standard InChI is InChI=1S/C12H9NO2/c14-11-8-9-4-1-2-5-10(9)13(11)12-6-3-7-15-12/h1-7H,8H2. The summed E-state index contributed by atoms with van der Waals surface area (Å²) in [6.07, 6.45) is 2.03. The summed E-state index contributed by atoms with van der Waals surface area (Å²) in [7, 11) is 0. The minimum Gasteiger partial charge on any atom is -0.448 e. The van der Waals surface area contributed by atoms with Crippen LogP contribution in [0, 0.1) is 0 Å². The predicted octanol–water partition coefficient (Wildman–Crippen LogP) is 2.50. The van der Waals surface area contributed by atoms with Gasteiger partial charge in [0, 0.05) is 6.07 Å². The van der Waals surface area contributed by atoms with E-state index in [-0.39, 0.29) is 5.91 Å². The second-order valence-electron chi connectivity index (χ2n) is 3.49. The number of amides is 1. The molecule has 3 heteroatoms. The van der Waals surface area contributed by atoms with Crippen LogP contribution in [0.5, 0.6) is 0 Å². The molecule has 0 N–H and O–H groups in total. The Morgan fingerprint density at radius 2 is 2.00 bits per heavy atom. The zero-order valence-electron chi connectivity index (χ0n) is 8.01. The average Bonchev–Trinajstić information content (AvgIpc) is 2.82. The quantitative estimate of drug-likeness (QED) is 0.707. The van der Waals surface area contributed by atoms with Gasteiger partial charge in [0.15, 0.2) is 0 Å². The SMILES string of the molecule is O=C1Cc2ccccc2N1c1ccco1. The maximum atomic E-state index is 11.8. The van der Waals surface area contributed by atoms with Crippen molar-refractivity contribution in [3.8, 4) is 0 Å². The number of anilines is 2. The first-order chi connectivity index (χ1) is 7.36. The molecule has 0 fully saturated rings. The van der Waals surface area contributed by atoms with Gasteiger partial charge in [0.2, 0.25) is 11.8 Å². The third kappa shape index (κ3) is 1.16. The normalized spacial score (nSPS) is 14.4. The number of hydrogen-bond donors (Lipinski definition) is 0. The fourth-order valence-electron chi connectivity index (χ4n) is 1.89. The molecule has 74 valence electrons. The van der Waals surface area contributed by atoms with Crippen LogP contribution in [0.25, 0.3) is 0 Å². The molecule has 1 aliphatic rings. The van der Waals surface area contributed by atoms with E-state index in [0.29, 0.717) is 12.3 Å². The highest BCUT2D eigenvalue weighted by atomic mass is 16.3. The summed E-state index contributed by atoms with van der Waals surface area (Å²) in [6, 6.07) is 11.3. The Kier molecular flexibility index (Phi) is 1.65. The molecule has 15 heavy (non-hydrogen) atoms. The van der Waals surface area contributed by atoms with Crippen LogP contribution >= 0.6 is 0 Å². The lowest BCUT2D eigenvalue weighted by Crippen LogP contribution is -2.19. The van der Waals surface area contributed by atoms with Crippen molar-refractivity contribution in [2.45, 2.75) is 6.42 Å². The maximum Gasteiger partial charge on any atom is 0.238 e. The zero-order chi connectivity index (χ0) is 10.3. The second-order valence-corrected chi connectivity index (χ2v) is 3.49. The Hall–Kier alpha value is -2.03. The van der Waals surface area contributed by atoms with Crippen molar-refractivity contribution in [2.24, 2.45) is 0 Å². The number of fused-ring (bicyclic) bond motifs is 1. The van der Waals surface area contributed by atoms with Gasteiger partial charge in [-0.2, -0.15) is 0 Å². The Morgan fingerprint density at radius 1 is 1.13 bits per heavy atom. The molecule has 0 bridgehead atoms. The number of rotatable bonds is 1. The van der Waals surface area contributed by atoms with Crippen LogP contribution in [0.15, 0.2) is 47.1 Å². The summed E-state index contributed by atoms with van der Waals surface area (Å²) in [5.41, 5.74) is 1.98. The summed E-state index contributed by atoms with van der Waals surface area (Å²) in [5, 5.41) is 0. The van der Waals surface area contributed by atoms with Crippen LogP contribution in [0.3, 0.4) is 0 Å². The zero-order valence-corrected chi connectivity index (χ0v) is 8.01. The van der Waals surface area contributed by atoms with Gasteiger partial charge >= 0.3 is 0 Å². The largest absolute Gasteiger partial charge is 0.448 e. The highest BCUT2D eigenvalue weighted by Crippen LogP contribution is 2.34. The van der Waals surface area contributed by atoms with Crippen LogP contribution in [0.4, 0.5) is 11.6 Å². The third-order valence-corrected chi connectivity index (χ3v) is 2.55. The van der Waals surface area contributed by atoms with Gasteiger partial charge in [-0.05, 0) is 17.7 Å². The molecule has 1 amide bonds. The Balaban J connectivity index is 2.14. The summed E-state index contributed by atoms with van der Waals surface area (Å²) in [6.45, 7) is 0. The predicted molar refractivity (Wildman–Crippen MR) is 56.0 cm³/mol. The van der Waals surface area contributed by atoms with Crippen molar-refractivity contribution in [3.05, 3.63) is 48.2 Å². The lowest BCUT2D eigenvalue weighted by atomic mass is 10.2. The van der Waals surface area contributed by atoms with E-state index in [9.17, 15) is 4.79 Å². The van der Waals surface area contributed by atoms with Gasteiger partial charge in [0.1, 0.15) is 0 Å². The highest BCUT2D eigenvalue weighted by molar-refractivity contribution is 6.06. The summed E-state index contributed by atoms with van der Waals surface area (Å²) in [5.74, 6) is 0.649. The molecule has 0 unspecified atom stereocenters. The van der Waals surface area contributed by atoms with E-state index in [1.807, 2.05) is 24.3 Å². The molecule has 0 atom stereocenters. The first kappa shape index (κ1) is 8.29. The van der Waals surface area contributed by atoms with Gasteiger partial charge in [-0.25, -0.2) is 0 Å². The van der Waals surface area contributed by atoms with Crippen LogP contribution in [0.2, 0.25) is 0 Å². The van der Waals surface area contributed by atoms with E-state index in [1.54, 1.807) is 23.3 Å². The number of para-hydroxylation sites is 1. The fourth-order valence-corrected chi connectivity index (χ4v) is 1.89. The molecule has 2 heterocycles. The van der Waals surface area contributed by atoms with Crippen molar-refractivity contribution in [2.75, 3.05) is 4.90 Å². The van der Waals surface area contributed by atoms with Crippen molar-refractivity contribution < 1.29 is 9.21 Å². The molecule has 1 aromatic carbocycles. The smallest absolute Gasteiger partial charge is 0.238 e. The monoisotopic (exact) mass is 199 g/mol. The molecular weight excluding hydrogens is 190 g/mol. The van der Waals surface area contributed by atoms with Gasteiger partial charge in [-0.1, -0.05) is 18.2 Å². The molecule has 0 radical (unpaired) electrons. The summed E-state index contributed by atoms with van der Waals surface area (Å²) < 4.78 is 5.25. The molecule has 0 spiro atoms.